The Morgan fingerprint density at radius 1 is 1.25 bits per heavy atom. The molecule has 5 nitrogen and oxygen atoms in total. The third kappa shape index (κ3) is 2.53. The van der Waals surface area contributed by atoms with Gasteiger partial charge in [-0.25, -0.2) is 0 Å². The Morgan fingerprint density at radius 2 is 2.00 bits per heavy atom. The molecule has 2 unspecified atom stereocenters. The Balaban J connectivity index is 2.07. The average molecular weight is 221 g/mol. The predicted molar refractivity (Wildman–Crippen MR) is 65.9 cm³/mol. The van der Waals surface area contributed by atoms with E-state index < -0.39 is 0 Å². The number of nitrogens with one attached hydrogen (secondary N) is 1. The second-order valence-corrected chi connectivity index (χ2v) is 4.55. The van der Waals surface area contributed by atoms with Crippen LogP contribution in [0, 0.1) is 5.92 Å². The highest BCUT2D eigenvalue weighted by Gasteiger charge is 2.21. The lowest BCUT2D eigenvalue weighted by molar-refractivity contribution is 0.349. The van der Waals surface area contributed by atoms with Crippen LogP contribution in [0.4, 0.5) is 17.6 Å². The van der Waals surface area contributed by atoms with Crippen LogP contribution in [0.15, 0.2) is 6.07 Å². The Hall–Kier alpha value is -1.52. The van der Waals surface area contributed by atoms with E-state index in [4.69, 9.17) is 11.5 Å². The lowest BCUT2D eigenvalue weighted by Gasteiger charge is -2.29. The summed E-state index contributed by atoms with van der Waals surface area (Å²) in [5.74, 6) is 2.05. The topological polar surface area (TPSA) is 89.8 Å². The first-order valence-electron chi connectivity index (χ1n) is 5.81. The molecular weight excluding hydrogens is 202 g/mol. The van der Waals surface area contributed by atoms with Gasteiger partial charge in [-0.3, -0.25) is 0 Å². The summed E-state index contributed by atoms with van der Waals surface area (Å²) in [6.07, 6.45) is 5.06. The van der Waals surface area contributed by atoms with Gasteiger partial charge in [-0.1, -0.05) is 19.8 Å². The van der Waals surface area contributed by atoms with Crippen LogP contribution in [0.2, 0.25) is 0 Å². The molecule has 1 aliphatic rings. The maximum absolute atomic E-state index is 5.63. The van der Waals surface area contributed by atoms with E-state index in [1.54, 1.807) is 6.07 Å². The van der Waals surface area contributed by atoms with E-state index in [0.29, 0.717) is 17.8 Å². The van der Waals surface area contributed by atoms with Crippen molar-refractivity contribution in [2.24, 2.45) is 5.92 Å². The molecule has 0 aliphatic heterocycles. The normalized spacial score (nSPS) is 25.3. The van der Waals surface area contributed by atoms with Crippen LogP contribution in [0.1, 0.15) is 32.6 Å². The maximum atomic E-state index is 5.63. The monoisotopic (exact) mass is 221 g/mol. The highest BCUT2D eigenvalue weighted by atomic mass is 15.1. The van der Waals surface area contributed by atoms with E-state index in [1.165, 1.54) is 25.7 Å². The summed E-state index contributed by atoms with van der Waals surface area (Å²) in [4.78, 5) is 7.99. The fraction of sp³-hybridized carbons (Fsp3) is 0.636. The third-order valence-electron chi connectivity index (χ3n) is 3.21. The van der Waals surface area contributed by atoms with Gasteiger partial charge in [0.1, 0.15) is 11.6 Å². The Kier molecular flexibility index (Phi) is 3.12. The quantitative estimate of drug-likeness (QED) is 0.706. The largest absolute Gasteiger partial charge is 0.383 e. The molecule has 1 heterocycles. The Labute approximate surface area is 95.6 Å². The van der Waals surface area contributed by atoms with E-state index >= 15 is 0 Å². The molecule has 0 saturated heterocycles. The van der Waals surface area contributed by atoms with Gasteiger partial charge in [-0.2, -0.15) is 9.97 Å². The maximum Gasteiger partial charge on any atom is 0.223 e. The molecule has 88 valence electrons. The van der Waals surface area contributed by atoms with Crippen LogP contribution in [0.5, 0.6) is 0 Å². The summed E-state index contributed by atoms with van der Waals surface area (Å²) in [6.45, 7) is 2.27. The van der Waals surface area contributed by atoms with Crippen LogP contribution < -0.4 is 16.8 Å². The smallest absolute Gasteiger partial charge is 0.223 e. The standard InChI is InChI=1S/C11H19N5/c1-7-4-2-3-5-8(7)14-10-6-9(12)15-11(13)16-10/h6-8H,2-5H2,1H3,(H5,12,13,14,15,16). The second-order valence-electron chi connectivity index (χ2n) is 4.55. The van der Waals surface area contributed by atoms with Crippen molar-refractivity contribution in [2.45, 2.75) is 38.6 Å². The van der Waals surface area contributed by atoms with Crippen molar-refractivity contribution in [3.05, 3.63) is 6.07 Å². The van der Waals surface area contributed by atoms with Crippen LogP contribution in [-0.4, -0.2) is 16.0 Å². The summed E-state index contributed by atoms with van der Waals surface area (Å²) >= 11 is 0. The van der Waals surface area contributed by atoms with Crippen molar-refractivity contribution in [1.29, 1.82) is 0 Å². The molecule has 5 heteroatoms. The first-order chi connectivity index (χ1) is 7.65. The predicted octanol–water partition coefficient (Wildman–Crippen LogP) is 1.63. The minimum Gasteiger partial charge on any atom is -0.383 e. The number of nitrogen functional groups attached to an aromatic ring is 2. The molecule has 2 rings (SSSR count). The molecule has 5 N–H and O–H groups in total. The third-order valence-corrected chi connectivity index (χ3v) is 3.21. The minimum absolute atomic E-state index is 0.228. The first kappa shape index (κ1) is 11.0. The molecule has 1 fully saturated rings. The molecule has 2 atom stereocenters. The van der Waals surface area contributed by atoms with Crippen molar-refractivity contribution in [3.63, 3.8) is 0 Å². The van der Waals surface area contributed by atoms with Gasteiger partial charge in [-0.05, 0) is 18.8 Å². The van der Waals surface area contributed by atoms with Gasteiger partial charge in [0.15, 0.2) is 0 Å². The van der Waals surface area contributed by atoms with Gasteiger partial charge >= 0.3 is 0 Å². The molecule has 0 spiro atoms. The first-order valence-corrected chi connectivity index (χ1v) is 5.81. The van der Waals surface area contributed by atoms with E-state index in [2.05, 4.69) is 22.2 Å². The highest BCUT2D eigenvalue weighted by Crippen LogP contribution is 2.26. The number of rotatable bonds is 2. The van der Waals surface area contributed by atoms with E-state index in [-0.39, 0.29) is 5.95 Å². The van der Waals surface area contributed by atoms with Crippen molar-refractivity contribution >= 4 is 17.6 Å². The number of hydrogen-bond donors (Lipinski definition) is 3. The van der Waals surface area contributed by atoms with Crippen molar-refractivity contribution in [2.75, 3.05) is 16.8 Å². The van der Waals surface area contributed by atoms with Gasteiger partial charge in [0, 0.05) is 12.1 Å². The van der Waals surface area contributed by atoms with Gasteiger partial charge in [-0.15, -0.1) is 0 Å². The van der Waals surface area contributed by atoms with Gasteiger partial charge in [0.25, 0.3) is 0 Å². The fourth-order valence-corrected chi connectivity index (χ4v) is 2.28. The molecule has 1 aliphatic carbocycles. The van der Waals surface area contributed by atoms with Crippen LogP contribution in [0.25, 0.3) is 0 Å². The van der Waals surface area contributed by atoms with Gasteiger partial charge < -0.3 is 16.8 Å². The molecule has 0 amide bonds. The average Bonchev–Trinajstić information content (AvgIpc) is 2.20. The summed E-state index contributed by atoms with van der Waals surface area (Å²) in [7, 11) is 0. The van der Waals surface area contributed by atoms with E-state index in [9.17, 15) is 0 Å². The lowest BCUT2D eigenvalue weighted by Crippen LogP contribution is -2.30. The molecule has 1 aromatic rings. The fourth-order valence-electron chi connectivity index (χ4n) is 2.28. The molecule has 16 heavy (non-hydrogen) atoms. The SMILES string of the molecule is CC1CCCCC1Nc1cc(N)nc(N)n1. The number of hydrogen-bond acceptors (Lipinski definition) is 5. The molecular formula is C11H19N5. The summed E-state index contributed by atoms with van der Waals surface area (Å²) in [5, 5.41) is 3.40. The number of anilines is 3. The summed E-state index contributed by atoms with van der Waals surface area (Å²) < 4.78 is 0. The van der Waals surface area contributed by atoms with Gasteiger partial charge in [0.2, 0.25) is 5.95 Å². The molecule has 1 aromatic heterocycles. The molecule has 0 bridgehead atoms. The number of nitrogens with two attached hydrogens (primary N) is 2. The van der Waals surface area contributed by atoms with Crippen LogP contribution >= 0.6 is 0 Å². The van der Waals surface area contributed by atoms with Crippen molar-refractivity contribution in [1.82, 2.24) is 9.97 Å². The number of aromatic nitrogens is 2. The zero-order valence-corrected chi connectivity index (χ0v) is 9.61. The zero-order valence-electron chi connectivity index (χ0n) is 9.61. The van der Waals surface area contributed by atoms with E-state index in [1.807, 2.05) is 0 Å². The minimum atomic E-state index is 0.228. The highest BCUT2D eigenvalue weighted by molar-refractivity contribution is 5.48. The zero-order chi connectivity index (χ0) is 11.5. The van der Waals surface area contributed by atoms with Crippen molar-refractivity contribution in [3.8, 4) is 0 Å². The summed E-state index contributed by atoms with van der Waals surface area (Å²) in [5.41, 5.74) is 11.2. The molecule has 1 saturated carbocycles. The Bertz CT molecular complexity index is 345. The molecule has 0 radical (unpaired) electrons. The Morgan fingerprint density at radius 3 is 2.69 bits per heavy atom. The van der Waals surface area contributed by atoms with Crippen LogP contribution in [0.3, 0.4) is 0 Å². The van der Waals surface area contributed by atoms with E-state index in [0.717, 1.165) is 5.82 Å². The number of nitrogens with zero attached hydrogens (tertiary/aromatic N) is 2. The molecule has 0 aromatic carbocycles. The van der Waals surface area contributed by atoms with Gasteiger partial charge in [0.05, 0.1) is 0 Å². The lowest BCUT2D eigenvalue weighted by atomic mass is 9.86. The summed E-state index contributed by atoms with van der Waals surface area (Å²) in [6, 6.07) is 2.21. The van der Waals surface area contributed by atoms with Crippen LogP contribution in [-0.2, 0) is 0 Å². The second kappa shape index (κ2) is 4.55. The van der Waals surface area contributed by atoms with Crippen molar-refractivity contribution < 1.29 is 0 Å².